The molecule has 16 heavy (non-hydrogen) atoms. The van der Waals surface area contributed by atoms with Crippen LogP contribution < -0.4 is 5.32 Å². The maximum Gasteiger partial charge on any atom is 0.234 e. The SMILES string of the molecule is CCc1ccc(C2CCC(=O)NC2=O)cc1. The van der Waals surface area contributed by atoms with E-state index in [2.05, 4.69) is 12.2 Å². The van der Waals surface area contributed by atoms with Crippen molar-refractivity contribution in [2.45, 2.75) is 32.1 Å². The molecule has 1 aromatic carbocycles. The number of benzene rings is 1. The molecule has 3 heteroatoms. The molecule has 84 valence electrons. The molecular formula is C13H15NO2. The van der Waals surface area contributed by atoms with Gasteiger partial charge in [0.1, 0.15) is 0 Å². The van der Waals surface area contributed by atoms with Crippen LogP contribution >= 0.6 is 0 Å². The standard InChI is InChI=1S/C13H15NO2/c1-2-9-3-5-10(6-4-9)11-7-8-12(15)14-13(11)16/h3-6,11H,2,7-8H2,1H3,(H,14,15,16). The minimum Gasteiger partial charge on any atom is -0.296 e. The van der Waals surface area contributed by atoms with Gasteiger partial charge >= 0.3 is 0 Å². The van der Waals surface area contributed by atoms with Crippen molar-refractivity contribution < 1.29 is 9.59 Å². The van der Waals surface area contributed by atoms with Crippen LogP contribution in [-0.4, -0.2) is 11.8 Å². The molecule has 3 nitrogen and oxygen atoms in total. The molecule has 0 bridgehead atoms. The Balaban J connectivity index is 2.17. The summed E-state index contributed by atoms with van der Waals surface area (Å²) in [5.74, 6) is -0.490. The zero-order chi connectivity index (χ0) is 11.5. The summed E-state index contributed by atoms with van der Waals surface area (Å²) in [6, 6.07) is 8.05. The molecule has 1 saturated heterocycles. The van der Waals surface area contributed by atoms with Crippen molar-refractivity contribution in [1.29, 1.82) is 0 Å². The fraction of sp³-hybridized carbons (Fsp3) is 0.385. The summed E-state index contributed by atoms with van der Waals surface area (Å²) in [6.45, 7) is 2.10. The van der Waals surface area contributed by atoms with E-state index in [-0.39, 0.29) is 17.7 Å². The molecule has 2 rings (SSSR count). The van der Waals surface area contributed by atoms with E-state index >= 15 is 0 Å². The highest BCUT2D eigenvalue weighted by atomic mass is 16.2. The van der Waals surface area contributed by atoms with Gasteiger partial charge in [0.05, 0.1) is 5.92 Å². The van der Waals surface area contributed by atoms with Gasteiger partial charge in [-0.25, -0.2) is 0 Å². The summed E-state index contributed by atoms with van der Waals surface area (Å²) < 4.78 is 0. The average Bonchev–Trinajstić information content (AvgIpc) is 2.29. The second-order valence-electron chi connectivity index (χ2n) is 4.10. The van der Waals surface area contributed by atoms with Crippen molar-refractivity contribution in [3.05, 3.63) is 35.4 Å². The molecule has 0 spiro atoms. The van der Waals surface area contributed by atoms with E-state index in [0.717, 1.165) is 12.0 Å². The van der Waals surface area contributed by atoms with Gasteiger partial charge in [-0.1, -0.05) is 31.2 Å². The lowest BCUT2D eigenvalue weighted by atomic mass is 9.90. The lowest BCUT2D eigenvalue weighted by Gasteiger charge is -2.21. The third-order valence-corrected chi connectivity index (χ3v) is 3.03. The number of carbonyl (C=O) groups excluding carboxylic acids is 2. The van der Waals surface area contributed by atoms with E-state index in [1.807, 2.05) is 24.3 Å². The van der Waals surface area contributed by atoms with Crippen molar-refractivity contribution in [3.63, 3.8) is 0 Å². The number of piperidine rings is 1. The van der Waals surface area contributed by atoms with Crippen molar-refractivity contribution in [2.75, 3.05) is 0 Å². The molecule has 2 amide bonds. The number of rotatable bonds is 2. The highest BCUT2D eigenvalue weighted by Crippen LogP contribution is 2.24. The monoisotopic (exact) mass is 217 g/mol. The van der Waals surface area contributed by atoms with Gasteiger partial charge in [0, 0.05) is 6.42 Å². The molecule has 1 unspecified atom stereocenters. The van der Waals surface area contributed by atoms with Gasteiger partial charge in [-0.3, -0.25) is 14.9 Å². The fourth-order valence-electron chi connectivity index (χ4n) is 2.00. The second kappa shape index (κ2) is 4.47. The molecule has 0 aliphatic carbocycles. The first-order valence-corrected chi connectivity index (χ1v) is 5.63. The highest BCUT2D eigenvalue weighted by Gasteiger charge is 2.27. The molecule has 1 heterocycles. The van der Waals surface area contributed by atoms with E-state index in [0.29, 0.717) is 12.8 Å². The topological polar surface area (TPSA) is 46.2 Å². The Morgan fingerprint density at radius 3 is 2.50 bits per heavy atom. The van der Waals surface area contributed by atoms with Gasteiger partial charge in [0.15, 0.2) is 0 Å². The quantitative estimate of drug-likeness (QED) is 0.767. The number of hydrogen-bond acceptors (Lipinski definition) is 2. The minimum absolute atomic E-state index is 0.161. The van der Waals surface area contributed by atoms with Crippen LogP contribution in [0.4, 0.5) is 0 Å². The van der Waals surface area contributed by atoms with E-state index in [1.54, 1.807) is 0 Å². The van der Waals surface area contributed by atoms with Gasteiger partial charge in [-0.2, -0.15) is 0 Å². The van der Waals surface area contributed by atoms with Crippen LogP contribution in [0.1, 0.15) is 36.8 Å². The van der Waals surface area contributed by atoms with E-state index in [1.165, 1.54) is 5.56 Å². The van der Waals surface area contributed by atoms with E-state index < -0.39 is 0 Å². The first-order valence-electron chi connectivity index (χ1n) is 5.63. The fourth-order valence-corrected chi connectivity index (χ4v) is 2.00. The van der Waals surface area contributed by atoms with Crippen molar-refractivity contribution in [3.8, 4) is 0 Å². The van der Waals surface area contributed by atoms with E-state index in [9.17, 15) is 9.59 Å². The van der Waals surface area contributed by atoms with Gasteiger partial charge < -0.3 is 0 Å². The largest absolute Gasteiger partial charge is 0.296 e. The molecule has 1 aliphatic rings. The summed E-state index contributed by atoms with van der Waals surface area (Å²) in [4.78, 5) is 22.6. The molecule has 1 aromatic rings. The molecule has 1 N–H and O–H groups in total. The van der Waals surface area contributed by atoms with Crippen LogP contribution in [-0.2, 0) is 16.0 Å². The first kappa shape index (κ1) is 10.9. The molecule has 1 aliphatic heterocycles. The Kier molecular flexibility index (Phi) is 3.04. The van der Waals surface area contributed by atoms with Crippen LogP contribution in [0.3, 0.4) is 0 Å². The van der Waals surface area contributed by atoms with Crippen LogP contribution in [0.2, 0.25) is 0 Å². The van der Waals surface area contributed by atoms with Crippen molar-refractivity contribution >= 4 is 11.8 Å². The number of amides is 2. The Bertz CT molecular complexity index is 408. The summed E-state index contributed by atoms with van der Waals surface area (Å²) in [5, 5.41) is 2.38. The van der Waals surface area contributed by atoms with Crippen LogP contribution in [0, 0.1) is 0 Å². The second-order valence-corrected chi connectivity index (χ2v) is 4.10. The smallest absolute Gasteiger partial charge is 0.234 e. The molecular weight excluding hydrogens is 202 g/mol. The Labute approximate surface area is 94.9 Å². The molecule has 1 atom stereocenters. The summed E-state index contributed by atoms with van der Waals surface area (Å²) >= 11 is 0. The first-order chi connectivity index (χ1) is 7.70. The Morgan fingerprint density at radius 2 is 1.94 bits per heavy atom. The number of imide groups is 1. The predicted molar refractivity (Wildman–Crippen MR) is 60.9 cm³/mol. The maximum absolute atomic E-state index is 11.6. The van der Waals surface area contributed by atoms with Gasteiger partial charge in [0.2, 0.25) is 11.8 Å². The molecule has 0 aromatic heterocycles. The number of carbonyl (C=O) groups is 2. The third-order valence-electron chi connectivity index (χ3n) is 3.03. The molecule has 0 radical (unpaired) electrons. The normalized spacial score (nSPS) is 20.7. The van der Waals surface area contributed by atoms with Crippen LogP contribution in [0.15, 0.2) is 24.3 Å². The van der Waals surface area contributed by atoms with Gasteiger partial charge in [-0.05, 0) is 24.0 Å². The van der Waals surface area contributed by atoms with Crippen LogP contribution in [0.5, 0.6) is 0 Å². The lowest BCUT2D eigenvalue weighted by molar-refractivity contribution is -0.134. The molecule has 1 fully saturated rings. The Morgan fingerprint density at radius 1 is 1.25 bits per heavy atom. The van der Waals surface area contributed by atoms with Crippen molar-refractivity contribution in [2.24, 2.45) is 0 Å². The van der Waals surface area contributed by atoms with Crippen LogP contribution in [0.25, 0.3) is 0 Å². The van der Waals surface area contributed by atoms with Crippen molar-refractivity contribution in [1.82, 2.24) is 5.32 Å². The summed E-state index contributed by atoms with van der Waals surface area (Å²) in [7, 11) is 0. The van der Waals surface area contributed by atoms with Gasteiger partial charge in [-0.15, -0.1) is 0 Å². The zero-order valence-corrected chi connectivity index (χ0v) is 9.32. The number of hydrogen-bond donors (Lipinski definition) is 1. The Hall–Kier alpha value is -1.64. The third kappa shape index (κ3) is 2.13. The predicted octanol–water partition coefficient (Wildman–Crippen LogP) is 1.77. The number of aryl methyl sites for hydroxylation is 1. The summed E-state index contributed by atoms with van der Waals surface area (Å²) in [5.41, 5.74) is 2.26. The molecule has 0 saturated carbocycles. The summed E-state index contributed by atoms with van der Waals surface area (Å²) in [6.07, 6.45) is 2.05. The average molecular weight is 217 g/mol. The number of nitrogens with one attached hydrogen (secondary N) is 1. The minimum atomic E-state index is -0.166. The lowest BCUT2D eigenvalue weighted by Crippen LogP contribution is -2.39. The van der Waals surface area contributed by atoms with Gasteiger partial charge in [0.25, 0.3) is 0 Å². The highest BCUT2D eigenvalue weighted by molar-refractivity contribution is 6.00. The zero-order valence-electron chi connectivity index (χ0n) is 9.32. The maximum atomic E-state index is 11.6. The van der Waals surface area contributed by atoms with E-state index in [4.69, 9.17) is 0 Å².